The molecule has 2 atom stereocenters. The molecule has 1 aromatic carbocycles. The standard InChI is InChI=1S/C20H28N2O5/c1-20(2,3)27-10-9-16(19(25)26)21-18(24)15-11-17(23)22(13-15)12-14-7-5-4-6-8-14/h4-8,15-16H,9-13H2,1-3H3,(H,21,24)(H,25,26). The van der Waals surface area contributed by atoms with Gasteiger partial charge in [-0.25, -0.2) is 4.79 Å². The molecule has 1 aliphatic heterocycles. The van der Waals surface area contributed by atoms with Gasteiger partial charge in [-0.05, 0) is 26.3 Å². The first-order valence-corrected chi connectivity index (χ1v) is 9.14. The lowest BCUT2D eigenvalue weighted by atomic mass is 10.1. The maximum absolute atomic E-state index is 12.5. The highest BCUT2D eigenvalue weighted by Gasteiger charge is 2.35. The van der Waals surface area contributed by atoms with E-state index < -0.39 is 23.8 Å². The molecule has 1 aliphatic rings. The Bertz CT molecular complexity index is 669. The van der Waals surface area contributed by atoms with Crippen LogP contribution < -0.4 is 5.32 Å². The quantitative estimate of drug-likeness (QED) is 0.721. The number of nitrogens with one attached hydrogen (secondary N) is 1. The number of carbonyl (C=O) groups excluding carboxylic acids is 2. The Labute approximate surface area is 159 Å². The highest BCUT2D eigenvalue weighted by Crippen LogP contribution is 2.20. The molecular weight excluding hydrogens is 348 g/mol. The van der Waals surface area contributed by atoms with Gasteiger partial charge >= 0.3 is 5.97 Å². The number of rotatable bonds is 8. The lowest BCUT2D eigenvalue weighted by molar-refractivity contribution is -0.143. The van der Waals surface area contributed by atoms with Gasteiger partial charge in [0.2, 0.25) is 11.8 Å². The first-order chi connectivity index (χ1) is 12.7. The molecule has 7 nitrogen and oxygen atoms in total. The molecule has 0 aliphatic carbocycles. The van der Waals surface area contributed by atoms with Crippen molar-refractivity contribution >= 4 is 17.8 Å². The number of ether oxygens (including phenoxy) is 1. The van der Waals surface area contributed by atoms with E-state index in [2.05, 4.69) is 5.32 Å². The summed E-state index contributed by atoms with van der Waals surface area (Å²) in [6.07, 6.45) is 0.274. The highest BCUT2D eigenvalue weighted by atomic mass is 16.5. The molecule has 0 radical (unpaired) electrons. The van der Waals surface area contributed by atoms with E-state index in [1.807, 2.05) is 51.1 Å². The molecule has 0 spiro atoms. The van der Waals surface area contributed by atoms with Crippen LogP contribution in [-0.2, 0) is 25.7 Å². The number of hydrogen-bond donors (Lipinski definition) is 2. The Morgan fingerprint density at radius 2 is 1.96 bits per heavy atom. The first-order valence-electron chi connectivity index (χ1n) is 9.14. The van der Waals surface area contributed by atoms with Crippen molar-refractivity contribution in [1.82, 2.24) is 10.2 Å². The van der Waals surface area contributed by atoms with Crippen LogP contribution in [0.4, 0.5) is 0 Å². The summed E-state index contributed by atoms with van der Waals surface area (Å²) in [7, 11) is 0. The lowest BCUT2D eigenvalue weighted by Gasteiger charge is -2.22. The van der Waals surface area contributed by atoms with E-state index in [0.29, 0.717) is 13.1 Å². The van der Waals surface area contributed by atoms with Gasteiger partial charge in [-0.15, -0.1) is 0 Å². The van der Waals surface area contributed by atoms with Crippen LogP contribution in [0, 0.1) is 5.92 Å². The number of aliphatic carboxylic acids is 1. The number of hydrogen-bond acceptors (Lipinski definition) is 4. The predicted octanol–water partition coefficient (Wildman–Crippen LogP) is 1.81. The predicted molar refractivity (Wildman–Crippen MR) is 99.9 cm³/mol. The summed E-state index contributed by atoms with van der Waals surface area (Å²) in [5.74, 6) is -2.14. The molecular formula is C20H28N2O5. The van der Waals surface area contributed by atoms with Crippen LogP contribution in [-0.4, -0.2) is 52.6 Å². The second kappa shape index (κ2) is 8.99. The molecule has 1 saturated heterocycles. The Hall–Kier alpha value is -2.41. The zero-order chi connectivity index (χ0) is 20.0. The number of carbonyl (C=O) groups is 3. The van der Waals surface area contributed by atoms with Crippen LogP contribution in [0.2, 0.25) is 0 Å². The minimum absolute atomic E-state index is 0.0954. The normalized spacial score (nSPS) is 18.4. The molecule has 148 valence electrons. The third kappa shape index (κ3) is 6.67. The maximum atomic E-state index is 12.5. The molecule has 0 aromatic heterocycles. The van der Waals surface area contributed by atoms with E-state index in [1.165, 1.54) is 0 Å². The second-order valence-electron chi connectivity index (χ2n) is 7.81. The van der Waals surface area contributed by atoms with E-state index in [9.17, 15) is 19.5 Å². The van der Waals surface area contributed by atoms with Crippen molar-refractivity contribution in [2.24, 2.45) is 5.92 Å². The van der Waals surface area contributed by atoms with Crippen LogP contribution in [0.1, 0.15) is 39.2 Å². The largest absolute Gasteiger partial charge is 0.480 e. The van der Waals surface area contributed by atoms with Crippen LogP contribution in [0.15, 0.2) is 30.3 Å². The minimum atomic E-state index is -1.11. The molecule has 2 amide bonds. The summed E-state index contributed by atoms with van der Waals surface area (Å²) in [6.45, 7) is 6.62. The first kappa shape index (κ1) is 20.9. The van der Waals surface area contributed by atoms with Gasteiger partial charge in [0.1, 0.15) is 6.04 Å². The molecule has 1 heterocycles. The number of nitrogens with zero attached hydrogens (tertiary/aromatic N) is 1. The molecule has 0 saturated carbocycles. The fraction of sp³-hybridized carbons (Fsp3) is 0.550. The van der Waals surface area contributed by atoms with Crippen LogP contribution in [0.5, 0.6) is 0 Å². The van der Waals surface area contributed by atoms with Crippen molar-refractivity contribution in [3.63, 3.8) is 0 Å². The fourth-order valence-electron chi connectivity index (χ4n) is 2.93. The van der Waals surface area contributed by atoms with Gasteiger partial charge in [-0.1, -0.05) is 30.3 Å². The topological polar surface area (TPSA) is 95.9 Å². The third-order valence-corrected chi connectivity index (χ3v) is 4.36. The van der Waals surface area contributed by atoms with Crippen LogP contribution in [0.25, 0.3) is 0 Å². The van der Waals surface area contributed by atoms with Gasteiger partial charge in [-0.3, -0.25) is 9.59 Å². The van der Waals surface area contributed by atoms with E-state index in [0.717, 1.165) is 5.56 Å². The molecule has 1 fully saturated rings. The summed E-state index contributed by atoms with van der Waals surface area (Å²) in [5.41, 5.74) is 0.623. The van der Waals surface area contributed by atoms with Crippen molar-refractivity contribution in [3.05, 3.63) is 35.9 Å². The van der Waals surface area contributed by atoms with Gasteiger partial charge in [0.25, 0.3) is 0 Å². The van der Waals surface area contributed by atoms with Crippen molar-refractivity contribution in [2.45, 2.75) is 51.8 Å². The molecule has 2 unspecified atom stereocenters. The zero-order valence-electron chi connectivity index (χ0n) is 16.1. The molecule has 7 heteroatoms. The van der Waals surface area contributed by atoms with E-state index in [1.54, 1.807) is 4.90 Å². The van der Waals surface area contributed by atoms with Gasteiger partial charge in [0.05, 0.1) is 11.5 Å². The minimum Gasteiger partial charge on any atom is -0.480 e. The zero-order valence-corrected chi connectivity index (χ0v) is 16.1. The van der Waals surface area contributed by atoms with E-state index in [-0.39, 0.29) is 31.0 Å². The number of carboxylic acids is 1. The molecule has 27 heavy (non-hydrogen) atoms. The summed E-state index contributed by atoms with van der Waals surface area (Å²) < 4.78 is 5.54. The van der Waals surface area contributed by atoms with Crippen molar-refractivity contribution in [1.29, 1.82) is 0 Å². The fourth-order valence-corrected chi connectivity index (χ4v) is 2.93. The van der Waals surface area contributed by atoms with Crippen LogP contribution in [0.3, 0.4) is 0 Å². The van der Waals surface area contributed by atoms with E-state index in [4.69, 9.17) is 4.74 Å². The van der Waals surface area contributed by atoms with Gasteiger partial charge < -0.3 is 20.1 Å². The Kier molecular flexibility index (Phi) is 6.96. The van der Waals surface area contributed by atoms with Gasteiger partial charge in [0.15, 0.2) is 0 Å². The number of carboxylic acid groups (broad SMARTS) is 1. The van der Waals surface area contributed by atoms with Crippen molar-refractivity contribution in [2.75, 3.05) is 13.2 Å². The Morgan fingerprint density at radius 3 is 2.56 bits per heavy atom. The molecule has 2 rings (SSSR count). The van der Waals surface area contributed by atoms with Crippen LogP contribution >= 0.6 is 0 Å². The van der Waals surface area contributed by atoms with E-state index >= 15 is 0 Å². The molecule has 1 aromatic rings. The second-order valence-corrected chi connectivity index (χ2v) is 7.81. The number of likely N-dealkylation sites (tertiary alicyclic amines) is 1. The lowest BCUT2D eigenvalue weighted by Crippen LogP contribution is -2.45. The molecule has 2 N–H and O–H groups in total. The number of amides is 2. The summed E-state index contributed by atoms with van der Waals surface area (Å²) >= 11 is 0. The third-order valence-electron chi connectivity index (χ3n) is 4.36. The monoisotopic (exact) mass is 376 g/mol. The number of benzene rings is 1. The van der Waals surface area contributed by atoms with Gasteiger partial charge in [0, 0.05) is 32.5 Å². The van der Waals surface area contributed by atoms with Crippen molar-refractivity contribution in [3.8, 4) is 0 Å². The highest BCUT2D eigenvalue weighted by molar-refractivity contribution is 5.91. The average molecular weight is 376 g/mol. The summed E-state index contributed by atoms with van der Waals surface area (Å²) in [6, 6.07) is 8.53. The maximum Gasteiger partial charge on any atom is 0.326 e. The molecule has 0 bridgehead atoms. The Morgan fingerprint density at radius 1 is 1.30 bits per heavy atom. The smallest absolute Gasteiger partial charge is 0.326 e. The summed E-state index contributed by atoms with van der Waals surface area (Å²) in [5, 5.41) is 11.9. The Balaban J connectivity index is 1.88. The summed E-state index contributed by atoms with van der Waals surface area (Å²) in [4.78, 5) is 37.7. The van der Waals surface area contributed by atoms with Gasteiger partial charge in [-0.2, -0.15) is 0 Å². The van der Waals surface area contributed by atoms with Crippen molar-refractivity contribution < 1.29 is 24.2 Å². The average Bonchev–Trinajstić information content (AvgIpc) is 2.94. The SMILES string of the molecule is CC(C)(C)OCCC(NC(=O)C1CC(=O)N(Cc2ccccc2)C1)C(=O)O.